The first kappa shape index (κ1) is 15.9. The van der Waals surface area contributed by atoms with Gasteiger partial charge in [0, 0.05) is 20.2 Å². The van der Waals surface area contributed by atoms with Gasteiger partial charge in [-0.15, -0.1) is 24.8 Å². The molecule has 0 amide bonds. The Balaban J connectivity index is 0. The molecule has 1 saturated heterocycles. The highest BCUT2D eigenvalue weighted by Crippen LogP contribution is 2.18. The Kier molecular flexibility index (Phi) is 8.38. The van der Waals surface area contributed by atoms with E-state index in [2.05, 4.69) is 24.3 Å². The summed E-state index contributed by atoms with van der Waals surface area (Å²) in [5, 5.41) is 3.32. The maximum atomic E-state index is 5.51. The van der Waals surface area contributed by atoms with Crippen LogP contribution >= 0.6 is 24.8 Å². The zero-order valence-corrected chi connectivity index (χ0v) is 10.1. The molecule has 3 nitrogen and oxygen atoms in total. The summed E-state index contributed by atoms with van der Waals surface area (Å²) >= 11 is 0. The molecule has 0 radical (unpaired) electrons. The van der Waals surface area contributed by atoms with E-state index in [0.29, 0.717) is 0 Å². The third kappa shape index (κ3) is 4.47. The smallest absolute Gasteiger partial charge is 0.0940 e. The fourth-order valence-electron chi connectivity index (χ4n) is 1.67. The molecule has 0 unspecified atom stereocenters. The van der Waals surface area contributed by atoms with Crippen molar-refractivity contribution in [3.63, 3.8) is 0 Å². The molecule has 0 saturated carbocycles. The second kappa shape index (κ2) is 6.85. The number of rotatable bonds is 3. The molecule has 1 atom stereocenters. The predicted molar refractivity (Wildman–Crippen MR) is 60.3 cm³/mol. The van der Waals surface area contributed by atoms with E-state index in [-0.39, 0.29) is 30.4 Å². The van der Waals surface area contributed by atoms with Crippen LogP contribution in [0.15, 0.2) is 0 Å². The topological polar surface area (TPSA) is 24.5 Å². The van der Waals surface area contributed by atoms with Crippen molar-refractivity contribution in [2.75, 3.05) is 40.8 Å². The largest absolute Gasteiger partial charge is 0.376 e. The number of ether oxygens (including phenoxy) is 1. The number of methoxy groups -OCH3 is 1. The maximum absolute atomic E-state index is 5.51. The third-order valence-electron chi connectivity index (χ3n) is 2.24. The fourth-order valence-corrected chi connectivity index (χ4v) is 1.67. The molecule has 1 heterocycles. The molecule has 0 spiro atoms. The highest BCUT2D eigenvalue weighted by atomic mass is 35.5. The lowest BCUT2D eigenvalue weighted by atomic mass is 10.0. The standard InChI is InChI=1S/C8H18N2O.2ClH/c1-10(2)7-8(11-3)4-5-9-6-8;;/h9H,4-7H2,1-3H3;2*1H/t8-;;/m0../s1. The summed E-state index contributed by atoms with van der Waals surface area (Å²) < 4.78 is 5.51. The van der Waals surface area contributed by atoms with Gasteiger partial charge < -0.3 is 15.0 Å². The summed E-state index contributed by atoms with van der Waals surface area (Å²) in [5.74, 6) is 0. The Morgan fingerprint density at radius 2 is 2.00 bits per heavy atom. The van der Waals surface area contributed by atoms with Gasteiger partial charge >= 0.3 is 0 Å². The second-order valence-corrected chi connectivity index (χ2v) is 3.55. The quantitative estimate of drug-likeness (QED) is 0.776. The van der Waals surface area contributed by atoms with Crippen LogP contribution in [0.1, 0.15) is 6.42 Å². The number of halogens is 2. The Hall–Kier alpha value is 0.460. The summed E-state index contributed by atoms with van der Waals surface area (Å²) in [6.07, 6.45) is 1.13. The van der Waals surface area contributed by atoms with Crippen molar-refractivity contribution in [1.29, 1.82) is 0 Å². The van der Waals surface area contributed by atoms with Crippen molar-refractivity contribution in [3.8, 4) is 0 Å². The number of hydrogen-bond acceptors (Lipinski definition) is 3. The number of likely N-dealkylation sites (N-methyl/N-ethyl adjacent to an activating group) is 1. The van der Waals surface area contributed by atoms with Crippen LogP contribution in [-0.2, 0) is 4.74 Å². The summed E-state index contributed by atoms with van der Waals surface area (Å²) in [5.41, 5.74) is 0.0729. The molecular formula is C8H20Cl2N2O. The Labute approximate surface area is 93.0 Å². The van der Waals surface area contributed by atoms with E-state index < -0.39 is 0 Å². The SMILES string of the molecule is CO[C@@]1(CN(C)C)CCNC1.Cl.Cl. The van der Waals surface area contributed by atoms with Gasteiger partial charge in [0.05, 0.1) is 5.60 Å². The highest BCUT2D eigenvalue weighted by molar-refractivity contribution is 5.85. The fraction of sp³-hybridized carbons (Fsp3) is 1.00. The van der Waals surface area contributed by atoms with Gasteiger partial charge in [-0.3, -0.25) is 0 Å². The zero-order chi connectivity index (χ0) is 8.32. The first-order valence-electron chi connectivity index (χ1n) is 4.09. The molecule has 1 N–H and O–H groups in total. The molecule has 0 aromatic rings. The molecule has 1 aliphatic heterocycles. The molecule has 82 valence electrons. The van der Waals surface area contributed by atoms with Crippen molar-refractivity contribution >= 4 is 24.8 Å². The molecule has 0 aliphatic carbocycles. The van der Waals surface area contributed by atoms with Crippen LogP contribution in [0, 0.1) is 0 Å². The summed E-state index contributed by atoms with van der Waals surface area (Å²) in [6, 6.07) is 0. The molecule has 1 rings (SSSR count). The second-order valence-electron chi connectivity index (χ2n) is 3.55. The first-order valence-corrected chi connectivity index (χ1v) is 4.09. The molecule has 0 bridgehead atoms. The number of nitrogens with one attached hydrogen (secondary N) is 1. The maximum Gasteiger partial charge on any atom is 0.0940 e. The third-order valence-corrected chi connectivity index (χ3v) is 2.24. The van der Waals surface area contributed by atoms with Gasteiger partial charge in [-0.05, 0) is 27.1 Å². The van der Waals surface area contributed by atoms with Gasteiger partial charge in [-0.1, -0.05) is 0 Å². The minimum atomic E-state index is 0. The highest BCUT2D eigenvalue weighted by Gasteiger charge is 2.33. The molecule has 0 aromatic carbocycles. The minimum Gasteiger partial charge on any atom is -0.376 e. The van der Waals surface area contributed by atoms with Gasteiger partial charge in [-0.25, -0.2) is 0 Å². The van der Waals surface area contributed by atoms with Gasteiger partial charge in [0.1, 0.15) is 0 Å². The van der Waals surface area contributed by atoms with Crippen LogP contribution in [0.2, 0.25) is 0 Å². The van der Waals surface area contributed by atoms with Crippen LogP contribution in [0.4, 0.5) is 0 Å². The van der Waals surface area contributed by atoms with Crippen molar-refractivity contribution in [2.45, 2.75) is 12.0 Å². The van der Waals surface area contributed by atoms with Crippen LogP contribution in [0.3, 0.4) is 0 Å². The van der Waals surface area contributed by atoms with E-state index in [1.807, 2.05) is 0 Å². The van der Waals surface area contributed by atoms with E-state index in [1.165, 1.54) is 0 Å². The molecule has 1 aliphatic rings. The number of hydrogen-bond donors (Lipinski definition) is 1. The van der Waals surface area contributed by atoms with Gasteiger partial charge in [0.15, 0.2) is 0 Å². The monoisotopic (exact) mass is 230 g/mol. The molecule has 1 fully saturated rings. The lowest BCUT2D eigenvalue weighted by Gasteiger charge is -2.29. The van der Waals surface area contributed by atoms with Crippen molar-refractivity contribution in [2.24, 2.45) is 0 Å². The van der Waals surface area contributed by atoms with Crippen LogP contribution in [0.5, 0.6) is 0 Å². The predicted octanol–water partition coefficient (Wildman–Crippen LogP) is 0.770. The summed E-state index contributed by atoms with van der Waals surface area (Å²) in [4.78, 5) is 2.18. The Morgan fingerprint density at radius 1 is 1.38 bits per heavy atom. The van der Waals surface area contributed by atoms with Crippen LogP contribution in [-0.4, -0.2) is 51.3 Å². The Morgan fingerprint density at radius 3 is 2.31 bits per heavy atom. The molecule has 5 heteroatoms. The molecule has 0 aromatic heterocycles. The normalized spacial score (nSPS) is 26.8. The van der Waals surface area contributed by atoms with E-state index >= 15 is 0 Å². The zero-order valence-electron chi connectivity index (χ0n) is 8.50. The van der Waals surface area contributed by atoms with Crippen LogP contribution < -0.4 is 5.32 Å². The average molecular weight is 231 g/mol. The van der Waals surface area contributed by atoms with Crippen molar-refractivity contribution in [3.05, 3.63) is 0 Å². The molecule has 13 heavy (non-hydrogen) atoms. The lowest BCUT2D eigenvalue weighted by Crippen LogP contribution is -2.43. The lowest BCUT2D eigenvalue weighted by molar-refractivity contribution is -0.0114. The van der Waals surface area contributed by atoms with E-state index in [9.17, 15) is 0 Å². The van der Waals surface area contributed by atoms with Crippen molar-refractivity contribution in [1.82, 2.24) is 10.2 Å². The van der Waals surface area contributed by atoms with E-state index in [4.69, 9.17) is 4.74 Å². The minimum absolute atomic E-state index is 0. The van der Waals surface area contributed by atoms with Crippen molar-refractivity contribution < 1.29 is 4.74 Å². The number of nitrogens with zero attached hydrogens (tertiary/aromatic N) is 1. The van der Waals surface area contributed by atoms with Gasteiger partial charge in [0.25, 0.3) is 0 Å². The van der Waals surface area contributed by atoms with Gasteiger partial charge in [-0.2, -0.15) is 0 Å². The molecular weight excluding hydrogens is 211 g/mol. The van der Waals surface area contributed by atoms with E-state index in [0.717, 1.165) is 26.1 Å². The summed E-state index contributed by atoms with van der Waals surface area (Å²) in [6.45, 7) is 3.08. The first-order chi connectivity index (χ1) is 5.18. The Bertz CT molecular complexity index is 127. The average Bonchev–Trinajstić information content (AvgIpc) is 2.36. The van der Waals surface area contributed by atoms with Gasteiger partial charge in [0.2, 0.25) is 0 Å². The van der Waals surface area contributed by atoms with E-state index in [1.54, 1.807) is 7.11 Å². The van der Waals surface area contributed by atoms with Crippen LogP contribution in [0.25, 0.3) is 0 Å². The summed E-state index contributed by atoms with van der Waals surface area (Å²) in [7, 11) is 5.97.